The van der Waals surface area contributed by atoms with Crippen molar-refractivity contribution in [1.29, 1.82) is 0 Å². The summed E-state index contributed by atoms with van der Waals surface area (Å²) in [5, 5.41) is 9.22. The first-order valence-corrected chi connectivity index (χ1v) is 8.51. The van der Waals surface area contributed by atoms with E-state index in [1.165, 1.54) is 29.2 Å². The van der Waals surface area contributed by atoms with Crippen LogP contribution in [0.3, 0.4) is 0 Å². The summed E-state index contributed by atoms with van der Waals surface area (Å²) in [5.74, 6) is -2.60. The maximum absolute atomic E-state index is 13.9. The lowest BCUT2D eigenvalue weighted by Gasteiger charge is -2.23. The number of carbonyl (C=O) groups is 2. The average Bonchev–Trinajstić information content (AvgIpc) is 3.44. The van der Waals surface area contributed by atoms with Crippen molar-refractivity contribution in [3.63, 3.8) is 0 Å². The molecule has 0 bridgehead atoms. The van der Waals surface area contributed by atoms with Crippen molar-refractivity contribution in [2.24, 2.45) is 0 Å². The maximum Gasteiger partial charge on any atom is 0.335 e. The molecule has 1 saturated carbocycles. The second-order valence-corrected chi connectivity index (χ2v) is 6.42. The van der Waals surface area contributed by atoms with Crippen molar-refractivity contribution in [3.05, 3.63) is 70.8 Å². The van der Waals surface area contributed by atoms with E-state index in [0.29, 0.717) is 5.56 Å². The molecule has 1 N–H and O–H groups in total. The van der Waals surface area contributed by atoms with Crippen LogP contribution in [0.25, 0.3) is 0 Å². The Morgan fingerprint density at radius 3 is 2.31 bits per heavy atom. The van der Waals surface area contributed by atoms with Crippen LogP contribution in [0.15, 0.2) is 42.5 Å². The van der Waals surface area contributed by atoms with E-state index >= 15 is 0 Å². The molecule has 2 aromatic rings. The molecule has 26 heavy (non-hydrogen) atoms. The van der Waals surface area contributed by atoms with Gasteiger partial charge in [-0.05, 0) is 43.0 Å². The number of hydrogen-bond acceptors (Lipinski definition) is 2. The highest BCUT2D eigenvalue weighted by Gasteiger charge is 2.33. The number of hydrogen-bond donors (Lipinski definition) is 1. The first-order chi connectivity index (χ1) is 12.5. The third-order valence-electron chi connectivity index (χ3n) is 4.55. The fraction of sp³-hybridized carbons (Fsp3) is 0.300. The zero-order valence-corrected chi connectivity index (χ0v) is 14.1. The third kappa shape index (κ3) is 4.07. The highest BCUT2D eigenvalue weighted by atomic mass is 19.1. The quantitative estimate of drug-likeness (QED) is 0.818. The summed E-state index contributed by atoms with van der Waals surface area (Å²) in [6.07, 6.45) is 1.99. The van der Waals surface area contributed by atoms with E-state index in [9.17, 15) is 23.5 Å². The molecule has 1 fully saturated rings. The molecule has 4 nitrogen and oxygen atoms in total. The molecule has 2 aromatic carbocycles. The molecule has 136 valence electrons. The van der Waals surface area contributed by atoms with E-state index in [2.05, 4.69) is 0 Å². The van der Waals surface area contributed by atoms with Crippen molar-refractivity contribution >= 4 is 11.9 Å². The molecular weight excluding hydrogens is 340 g/mol. The van der Waals surface area contributed by atoms with E-state index in [1.807, 2.05) is 0 Å². The molecule has 1 aliphatic rings. The van der Waals surface area contributed by atoms with Gasteiger partial charge in [0.15, 0.2) is 0 Å². The first-order valence-electron chi connectivity index (χ1n) is 8.51. The molecule has 0 heterocycles. The number of amides is 1. The van der Waals surface area contributed by atoms with Crippen LogP contribution in [0.5, 0.6) is 0 Å². The van der Waals surface area contributed by atoms with Crippen molar-refractivity contribution in [2.75, 3.05) is 0 Å². The zero-order chi connectivity index (χ0) is 18.7. The first kappa shape index (κ1) is 18.0. The number of benzene rings is 2. The van der Waals surface area contributed by atoms with Gasteiger partial charge in [-0.1, -0.05) is 24.3 Å². The Labute approximate surface area is 150 Å². The van der Waals surface area contributed by atoms with Crippen LogP contribution in [-0.4, -0.2) is 27.9 Å². The monoisotopic (exact) mass is 359 g/mol. The highest BCUT2D eigenvalue weighted by molar-refractivity contribution is 5.89. The van der Waals surface area contributed by atoms with E-state index in [1.54, 1.807) is 18.2 Å². The maximum atomic E-state index is 13.9. The van der Waals surface area contributed by atoms with Crippen molar-refractivity contribution in [2.45, 2.75) is 38.3 Å². The van der Waals surface area contributed by atoms with Crippen LogP contribution in [0.2, 0.25) is 0 Å². The van der Waals surface area contributed by atoms with Gasteiger partial charge in [0, 0.05) is 18.0 Å². The fourth-order valence-corrected chi connectivity index (χ4v) is 2.99. The van der Waals surface area contributed by atoms with E-state index in [-0.39, 0.29) is 42.5 Å². The van der Waals surface area contributed by atoms with Crippen LogP contribution in [0.4, 0.5) is 8.78 Å². The zero-order valence-electron chi connectivity index (χ0n) is 14.1. The van der Waals surface area contributed by atoms with Crippen molar-refractivity contribution in [1.82, 2.24) is 4.90 Å². The Morgan fingerprint density at radius 2 is 1.69 bits per heavy atom. The van der Waals surface area contributed by atoms with Gasteiger partial charge in [0.1, 0.15) is 11.6 Å². The average molecular weight is 359 g/mol. The minimum atomic E-state index is -1.04. The second kappa shape index (κ2) is 7.64. The number of nitrogens with zero attached hydrogens (tertiary/aromatic N) is 1. The van der Waals surface area contributed by atoms with Crippen molar-refractivity contribution < 1.29 is 23.5 Å². The van der Waals surface area contributed by atoms with Crippen LogP contribution in [0, 0.1) is 11.6 Å². The molecule has 0 saturated heterocycles. The number of rotatable bonds is 7. The van der Waals surface area contributed by atoms with Crippen molar-refractivity contribution in [3.8, 4) is 0 Å². The van der Waals surface area contributed by atoms with Gasteiger partial charge in [-0.2, -0.15) is 0 Å². The smallest absolute Gasteiger partial charge is 0.335 e. The predicted octanol–water partition coefficient (Wildman–Crippen LogP) is 3.79. The number of aromatic carboxylic acids is 1. The van der Waals surface area contributed by atoms with Gasteiger partial charge < -0.3 is 10.0 Å². The van der Waals surface area contributed by atoms with Crippen LogP contribution in [-0.2, 0) is 17.8 Å². The lowest BCUT2D eigenvalue weighted by molar-refractivity contribution is -0.132. The van der Waals surface area contributed by atoms with Gasteiger partial charge in [-0.25, -0.2) is 13.6 Å². The van der Waals surface area contributed by atoms with Crippen LogP contribution >= 0.6 is 0 Å². The summed E-state index contributed by atoms with van der Waals surface area (Å²) >= 11 is 0. The minimum absolute atomic E-state index is 0.00350. The molecule has 1 aliphatic carbocycles. The lowest BCUT2D eigenvalue weighted by Crippen LogP contribution is -2.33. The standard InChI is InChI=1S/C20H19F2NO3/c21-17-6-3-7-18(22)16(17)12-23(14-9-10-14)19(24)11-8-13-4-1-2-5-15(13)20(25)26/h1-7,14H,8-12H2,(H,25,26). The molecule has 1 amide bonds. The minimum Gasteiger partial charge on any atom is -0.478 e. The van der Waals surface area contributed by atoms with E-state index in [4.69, 9.17) is 0 Å². The summed E-state index contributed by atoms with van der Waals surface area (Å²) in [4.78, 5) is 25.4. The largest absolute Gasteiger partial charge is 0.478 e. The SMILES string of the molecule is O=C(O)c1ccccc1CCC(=O)N(Cc1c(F)cccc1F)C1CC1. The molecule has 0 aliphatic heterocycles. The Bertz CT molecular complexity index is 813. The Balaban J connectivity index is 1.72. The fourth-order valence-electron chi connectivity index (χ4n) is 2.99. The number of carboxylic acid groups (broad SMARTS) is 1. The van der Waals surface area contributed by atoms with E-state index < -0.39 is 17.6 Å². The topological polar surface area (TPSA) is 57.6 Å². The van der Waals surface area contributed by atoms with Gasteiger partial charge in [0.25, 0.3) is 0 Å². The Hall–Kier alpha value is -2.76. The number of aryl methyl sites for hydroxylation is 1. The van der Waals surface area contributed by atoms with Gasteiger partial charge in [-0.3, -0.25) is 4.79 Å². The summed E-state index contributed by atoms with van der Waals surface area (Å²) in [5.41, 5.74) is 0.623. The molecule has 3 rings (SSSR count). The molecule has 0 atom stereocenters. The van der Waals surface area contributed by atoms with E-state index in [0.717, 1.165) is 12.8 Å². The molecular formula is C20H19F2NO3. The van der Waals surface area contributed by atoms with Crippen LogP contribution < -0.4 is 0 Å². The Kier molecular flexibility index (Phi) is 5.30. The molecule has 6 heteroatoms. The summed E-state index contributed by atoms with van der Waals surface area (Å²) in [6.45, 7) is -0.109. The molecule has 0 radical (unpaired) electrons. The predicted molar refractivity (Wildman–Crippen MR) is 91.7 cm³/mol. The summed E-state index contributed by atoms with van der Waals surface area (Å²) in [6, 6.07) is 10.2. The molecule has 0 unspecified atom stereocenters. The molecule has 0 aromatic heterocycles. The molecule has 0 spiro atoms. The third-order valence-corrected chi connectivity index (χ3v) is 4.55. The van der Waals surface area contributed by atoms with Gasteiger partial charge in [0.2, 0.25) is 5.91 Å². The summed E-state index contributed by atoms with van der Waals surface area (Å²) < 4.78 is 27.8. The number of carboxylic acids is 1. The van der Waals surface area contributed by atoms with Gasteiger partial charge in [0.05, 0.1) is 12.1 Å². The normalized spacial score (nSPS) is 13.5. The summed E-state index contributed by atoms with van der Waals surface area (Å²) in [7, 11) is 0. The van der Waals surface area contributed by atoms with Gasteiger partial charge in [-0.15, -0.1) is 0 Å². The van der Waals surface area contributed by atoms with Crippen LogP contribution in [0.1, 0.15) is 40.7 Å². The highest BCUT2D eigenvalue weighted by Crippen LogP contribution is 2.30. The number of carbonyl (C=O) groups excluding carboxylic acids is 1. The lowest BCUT2D eigenvalue weighted by atomic mass is 10.0. The van der Waals surface area contributed by atoms with Gasteiger partial charge >= 0.3 is 5.97 Å². The number of halogens is 2. The Morgan fingerprint density at radius 1 is 1.04 bits per heavy atom. The second-order valence-electron chi connectivity index (χ2n) is 6.42.